The molecule has 1 aromatic carbocycles. The lowest BCUT2D eigenvalue weighted by Crippen LogP contribution is -2.26. The third-order valence-corrected chi connectivity index (χ3v) is 3.99. The van der Waals surface area contributed by atoms with Crippen molar-refractivity contribution in [2.75, 3.05) is 23.7 Å². The van der Waals surface area contributed by atoms with E-state index in [0.29, 0.717) is 25.2 Å². The third kappa shape index (κ3) is 2.30. The van der Waals surface area contributed by atoms with Crippen molar-refractivity contribution < 1.29 is 4.79 Å². The van der Waals surface area contributed by atoms with E-state index in [1.165, 1.54) is 0 Å². The first-order valence-electron chi connectivity index (χ1n) is 5.59. The SMILES string of the molecule is Cc1cc(N)c(N2CC(CN)CC2=O)cc1Br. The van der Waals surface area contributed by atoms with Crippen LogP contribution in [0, 0.1) is 12.8 Å². The Balaban J connectivity index is 2.35. The number of nitrogen functional groups attached to an aromatic ring is 1. The lowest BCUT2D eigenvalue weighted by Gasteiger charge is -2.19. The Morgan fingerprint density at radius 3 is 2.82 bits per heavy atom. The summed E-state index contributed by atoms with van der Waals surface area (Å²) in [5, 5.41) is 0. The van der Waals surface area contributed by atoms with E-state index in [9.17, 15) is 4.79 Å². The molecule has 1 atom stereocenters. The summed E-state index contributed by atoms with van der Waals surface area (Å²) in [7, 11) is 0. The summed E-state index contributed by atoms with van der Waals surface area (Å²) in [6, 6.07) is 3.78. The van der Waals surface area contributed by atoms with E-state index in [2.05, 4.69) is 15.9 Å². The van der Waals surface area contributed by atoms with Crippen LogP contribution in [0.15, 0.2) is 16.6 Å². The first kappa shape index (κ1) is 12.4. The van der Waals surface area contributed by atoms with Gasteiger partial charge in [0.2, 0.25) is 5.91 Å². The van der Waals surface area contributed by atoms with E-state index in [-0.39, 0.29) is 11.8 Å². The zero-order valence-electron chi connectivity index (χ0n) is 9.74. The first-order chi connectivity index (χ1) is 8.02. The summed E-state index contributed by atoms with van der Waals surface area (Å²) < 4.78 is 0.964. The molecule has 5 heteroatoms. The quantitative estimate of drug-likeness (QED) is 0.815. The lowest BCUT2D eigenvalue weighted by atomic mass is 10.1. The lowest BCUT2D eigenvalue weighted by molar-refractivity contribution is -0.117. The second kappa shape index (κ2) is 4.66. The fourth-order valence-corrected chi connectivity index (χ4v) is 2.43. The van der Waals surface area contributed by atoms with Gasteiger partial charge in [0.1, 0.15) is 0 Å². The van der Waals surface area contributed by atoms with Gasteiger partial charge in [-0.2, -0.15) is 0 Å². The van der Waals surface area contributed by atoms with Crippen LogP contribution in [-0.4, -0.2) is 19.0 Å². The minimum Gasteiger partial charge on any atom is -0.397 e. The molecule has 92 valence electrons. The molecule has 17 heavy (non-hydrogen) atoms. The standard InChI is InChI=1S/C12H16BrN3O/c1-7-2-10(15)11(4-9(7)13)16-6-8(5-14)3-12(16)17/h2,4,8H,3,5-6,14-15H2,1H3. The van der Waals surface area contributed by atoms with E-state index < -0.39 is 0 Å². The van der Waals surface area contributed by atoms with Gasteiger partial charge in [0, 0.05) is 17.4 Å². The van der Waals surface area contributed by atoms with Crippen LogP contribution in [0.2, 0.25) is 0 Å². The average molecular weight is 298 g/mol. The number of halogens is 1. The summed E-state index contributed by atoms with van der Waals surface area (Å²) in [6.45, 7) is 3.17. The average Bonchev–Trinajstić information content (AvgIpc) is 2.65. The van der Waals surface area contributed by atoms with Crippen molar-refractivity contribution in [3.8, 4) is 0 Å². The molecular weight excluding hydrogens is 282 g/mol. The van der Waals surface area contributed by atoms with Gasteiger partial charge >= 0.3 is 0 Å². The zero-order valence-corrected chi connectivity index (χ0v) is 11.3. The molecule has 4 N–H and O–H groups in total. The highest BCUT2D eigenvalue weighted by molar-refractivity contribution is 9.10. The molecule has 1 heterocycles. The first-order valence-corrected chi connectivity index (χ1v) is 6.38. The van der Waals surface area contributed by atoms with Gasteiger partial charge in [0.15, 0.2) is 0 Å². The van der Waals surface area contributed by atoms with Gasteiger partial charge in [-0.3, -0.25) is 4.79 Å². The van der Waals surface area contributed by atoms with Gasteiger partial charge in [-0.05, 0) is 37.1 Å². The number of benzene rings is 1. The van der Waals surface area contributed by atoms with Crippen molar-refractivity contribution in [3.05, 3.63) is 22.2 Å². The van der Waals surface area contributed by atoms with Crippen molar-refractivity contribution in [2.45, 2.75) is 13.3 Å². The minimum atomic E-state index is 0.0999. The van der Waals surface area contributed by atoms with Crippen molar-refractivity contribution in [3.63, 3.8) is 0 Å². The Hall–Kier alpha value is -1.07. The zero-order chi connectivity index (χ0) is 12.6. The van der Waals surface area contributed by atoms with Gasteiger partial charge in [-0.15, -0.1) is 0 Å². The van der Waals surface area contributed by atoms with Crippen LogP contribution in [0.25, 0.3) is 0 Å². The van der Waals surface area contributed by atoms with Crippen molar-refractivity contribution in [1.29, 1.82) is 0 Å². The number of aryl methyl sites for hydroxylation is 1. The number of hydrogen-bond donors (Lipinski definition) is 2. The molecule has 1 saturated heterocycles. The maximum absolute atomic E-state index is 11.9. The van der Waals surface area contributed by atoms with Crippen LogP contribution in [0.4, 0.5) is 11.4 Å². The molecule has 1 aliphatic heterocycles. The van der Waals surface area contributed by atoms with Gasteiger partial charge in [-0.1, -0.05) is 15.9 Å². The minimum absolute atomic E-state index is 0.0999. The second-order valence-corrected chi connectivity index (χ2v) is 5.32. The summed E-state index contributed by atoms with van der Waals surface area (Å²) in [5.41, 5.74) is 14.1. The number of nitrogens with two attached hydrogens (primary N) is 2. The van der Waals surface area contributed by atoms with Crippen molar-refractivity contribution >= 4 is 33.2 Å². The van der Waals surface area contributed by atoms with Crippen molar-refractivity contribution in [2.24, 2.45) is 11.7 Å². The van der Waals surface area contributed by atoms with E-state index >= 15 is 0 Å². The van der Waals surface area contributed by atoms with E-state index in [4.69, 9.17) is 11.5 Å². The molecule has 2 rings (SSSR count). The summed E-state index contributed by atoms with van der Waals surface area (Å²) >= 11 is 3.46. The molecule has 0 aliphatic carbocycles. The number of rotatable bonds is 2. The molecule has 0 aromatic heterocycles. The molecule has 1 aromatic rings. The molecule has 1 aliphatic rings. The van der Waals surface area contributed by atoms with Crippen LogP contribution < -0.4 is 16.4 Å². The molecular formula is C12H16BrN3O. The van der Waals surface area contributed by atoms with Crippen LogP contribution in [0.5, 0.6) is 0 Å². The Kier molecular flexibility index (Phi) is 3.40. The smallest absolute Gasteiger partial charge is 0.227 e. The van der Waals surface area contributed by atoms with E-state index in [1.54, 1.807) is 4.90 Å². The summed E-state index contributed by atoms with van der Waals surface area (Å²) in [4.78, 5) is 13.6. The number of carbonyl (C=O) groups is 1. The highest BCUT2D eigenvalue weighted by Crippen LogP contribution is 2.33. The topological polar surface area (TPSA) is 72.3 Å². The molecule has 1 fully saturated rings. The molecule has 0 radical (unpaired) electrons. The normalized spacial score (nSPS) is 20.1. The molecule has 1 unspecified atom stereocenters. The Bertz CT molecular complexity index is 461. The highest BCUT2D eigenvalue weighted by atomic mass is 79.9. The fraction of sp³-hybridized carbons (Fsp3) is 0.417. The number of hydrogen-bond acceptors (Lipinski definition) is 3. The van der Waals surface area contributed by atoms with E-state index in [0.717, 1.165) is 15.7 Å². The second-order valence-electron chi connectivity index (χ2n) is 4.47. The van der Waals surface area contributed by atoms with Gasteiger partial charge < -0.3 is 16.4 Å². The number of amides is 1. The largest absolute Gasteiger partial charge is 0.397 e. The van der Waals surface area contributed by atoms with Crippen LogP contribution in [0.1, 0.15) is 12.0 Å². The van der Waals surface area contributed by atoms with Crippen LogP contribution in [0.3, 0.4) is 0 Å². The Morgan fingerprint density at radius 2 is 2.24 bits per heavy atom. The number of nitrogens with zero attached hydrogens (tertiary/aromatic N) is 1. The van der Waals surface area contributed by atoms with Gasteiger partial charge in [0.25, 0.3) is 0 Å². The van der Waals surface area contributed by atoms with Crippen LogP contribution >= 0.6 is 15.9 Å². The molecule has 1 amide bonds. The predicted molar refractivity (Wildman–Crippen MR) is 72.8 cm³/mol. The van der Waals surface area contributed by atoms with E-state index in [1.807, 2.05) is 19.1 Å². The number of carbonyl (C=O) groups excluding carboxylic acids is 1. The fourth-order valence-electron chi connectivity index (χ4n) is 2.10. The summed E-state index contributed by atoms with van der Waals surface area (Å²) in [5.74, 6) is 0.338. The summed E-state index contributed by atoms with van der Waals surface area (Å²) in [6.07, 6.45) is 0.515. The number of anilines is 2. The van der Waals surface area contributed by atoms with Gasteiger partial charge in [0.05, 0.1) is 11.4 Å². The maximum atomic E-state index is 11.9. The molecule has 0 saturated carbocycles. The molecule has 0 bridgehead atoms. The van der Waals surface area contributed by atoms with Crippen LogP contribution in [-0.2, 0) is 4.79 Å². The van der Waals surface area contributed by atoms with Gasteiger partial charge in [-0.25, -0.2) is 0 Å². The van der Waals surface area contributed by atoms with Crippen molar-refractivity contribution in [1.82, 2.24) is 0 Å². The Labute approximate surface area is 109 Å². The molecule has 4 nitrogen and oxygen atoms in total. The predicted octanol–water partition coefficient (Wildman–Crippen LogP) is 1.65. The monoisotopic (exact) mass is 297 g/mol. The Morgan fingerprint density at radius 1 is 1.53 bits per heavy atom. The highest BCUT2D eigenvalue weighted by Gasteiger charge is 2.30. The molecule has 0 spiro atoms. The third-order valence-electron chi connectivity index (χ3n) is 3.14. The maximum Gasteiger partial charge on any atom is 0.227 e.